The Hall–Kier alpha value is -2.48. The van der Waals surface area contributed by atoms with Gasteiger partial charge >= 0.3 is 11.9 Å². The van der Waals surface area contributed by atoms with Gasteiger partial charge in [0.15, 0.2) is 37.0 Å². The second-order valence-electron chi connectivity index (χ2n) is 31.0. The molecule has 0 aromatic rings. The predicted molar refractivity (Wildman–Crippen MR) is 356 cm³/mol. The number of carbonyl (C=O) groups is 3. The number of esters is 2. The van der Waals surface area contributed by atoms with Crippen molar-refractivity contribution < 1.29 is 106 Å². The Balaban J connectivity index is 0.000000292. The molecule has 0 aromatic carbocycles. The minimum Gasteiger partial charge on any atom is -0.456 e. The highest BCUT2D eigenvalue weighted by molar-refractivity contribution is 5.89. The summed E-state index contributed by atoms with van der Waals surface area (Å²) >= 11 is 0. The van der Waals surface area contributed by atoms with Gasteiger partial charge in [-0.05, 0) is 156 Å². The Bertz CT molecular complexity index is 2540. The van der Waals surface area contributed by atoms with Crippen molar-refractivity contribution >= 4 is 23.4 Å². The number of fused-ring (bicyclic) bond motifs is 4. The number of rotatable bonds is 14. The number of likely N-dealkylation sites (N-methyl/N-ethyl adjacent to an activating group) is 2. The average molecular weight is 1370 g/mol. The fourth-order valence-electron chi connectivity index (χ4n) is 16.9. The highest BCUT2D eigenvalue weighted by Gasteiger charge is 2.60. The number of hydrogen-bond acceptors (Lipinski definition) is 25. The lowest BCUT2D eigenvalue weighted by Gasteiger charge is -2.48. The van der Waals surface area contributed by atoms with Crippen molar-refractivity contribution in [2.75, 3.05) is 56.1 Å². The molecule has 0 amide bonds. The molecule has 0 saturated carbocycles. The number of methoxy groups -OCH3 is 2. The van der Waals surface area contributed by atoms with Crippen LogP contribution < -0.4 is 0 Å². The molecule has 14 unspecified atom stereocenters. The van der Waals surface area contributed by atoms with Crippen LogP contribution in [-0.4, -0.2) is 272 Å². The standard InChI is InChI=1S/C35H62N2O10.C34H59NO11.C2H6O/c1-17-15-35(9)31(46-33-26(38)24(37(11)12)14-18(2)42-33)20(4)28(44-25-16-34(8,41-13)30(39)23(7)43-25)21(5)32(40)45-29(22(6)36-10)19(3)27(17)47-35;1-16-14-34(9)30(45-32-25(37)23(35(10)11)13-17(2)41-32)19(4)27(43-24-15-33(8,40-12)29(38)22(7)42-24)20(5)31(39)44-28(21(6)36)18(3)26(16)46-34;1-2-3/h17-21,23-31,33,38-39H,14-16H2,1-13H3;16-20,22-30,32,37-38H,13-15H2,1-12H3;3H,2H2,1H3/t17?,18?,19-,20-,21+,23?,24?,25-,26?,27?,28-,29+,30-,31+,33-,34?,35-;16?,17?,18-,19-,20+,22?,23?,24-,25?,26?,27-,28+,29-,30+,32-,33?,34-;/m00./s1. The summed E-state index contributed by atoms with van der Waals surface area (Å²) in [5.41, 5.74) is -2.90. The zero-order chi connectivity index (χ0) is 72.3. The van der Waals surface area contributed by atoms with Gasteiger partial charge in [-0.15, -0.1) is 0 Å². The topological polar surface area (TPSA) is 300 Å². The first kappa shape index (κ1) is 82.5. The normalized spacial score (nSPS) is 49.0. The molecule has 4 bridgehead atoms. The fourth-order valence-corrected chi connectivity index (χ4v) is 16.9. The lowest BCUT2D eigenvalue weighted by atomic mass is 9.77. The number of aliphatic imine (C=N–C) groups is 1. The van der Waals surface area contributed by atoms with E-state index in [1.807, 2.05) is 100 Å². The number of ether oxygens (including phenoxy) is 14. The molecule has 96 heavy (non-hydrogen) atoms. The molecule has 8 saturated heterocycles. The highest BCUT2D eigenvalue weighted by Crippen LogP contribution is 2.50. The summed E-state index contributed by atoms with van der Waals surface area (Å²) in [4.78, 5) is 49.2. The zero-order valence-electron chi connectivity index (χ0n) is 62.8. The van der Waals surface area contributed by atoms with Crippen molar-refractivity contribution in [2.45, 2.75) is 327 Å². The number of ketones is 1. The van der Waals surface area contributed by atoms with E-state index < -0.39 is 168 Å². The number of nitrogens with zero attached hydrogens (tertiary/aromatic N) is 3. The number of carbonyl (C=O) groups excluding carboxylic acids is 3. The molecule has 558 valence electrons. The maximum atomic E-state index is 14.1. The van der Waals surface area contributed by atoms with E-state index in [0.717, 1.165) is 0 Å². The summed E-state index contributed by atoms with van der Waals surface area (Å²) in [6.45, 7) is 36.0. The quantitative estimate of drug-likeness (QED) is 0.100. The van der Waals surface area contributed by atoms with Crippen molar-refractivity contribution in [3.63, 3.8) is 0 Å². The van der Waals surface area contributed by atoms with Crippen LogP contribution in [0.4, 0.5) is 0 Å². The largest absolute Gasteiger partial charge is 0.456 e. The first-order chi connectivity index (χ1) is 44.6. The third kappa shape index (κ3) is 18.1. The minimum absolute atomic E-state index is 0.00661. The molecular weight excluding hydrogens is 1250 g/mol. The van der Waals surface area contributed by atoms with Crippen LogP contribution in [0.2, 0.25) is 0 Å². The molecule has 8 fully saturated rings. The van der Waals surface area contributed by atoms with Gasteiger partial charge < -0.3 is 102 Å². The van der Waals surface area contributed by atoms with Gasteiger partial charge in [0.25, 0.3) is 0 Å². The van der Waals surface area contributed by atoms with Crippen molar-refractivity contribution in [3.05, 3.63) is 0 Å². The van der Waals surface area contributed by atoms with Crippen LogP contribution in [0.5, 0.6) is 0 Å². The van der Waals surface area contributed by atoms with Gasteiger partial charge in [-0.25, -0.2) is 0 Å². The smallest absolute Gasteiger partial charge is 0.312 e. The number of cyclic esters (lactones) is 2. The molecule has 5 N–H and O–H groups in total. The monoisotopic (exact) mass is 1370 g/mol. The van der Waals surface area contributed by atoms with Crippen LogP contribution in [0.25, 0.3) is 0 Å². The molecule has 0 aliphatic carbocycles. The summed E-state index contributed by atoms with van der Waals surface area (Å²) in [6, 6.07) is -0.359. The van der Waals surface area contributed by atoms with Crippen LogP contribution in [0.1, 0.15) is 170 Å². The van der Waals surface area contributed by atoms with E-state index in [0.29, 0.717) is 31.4 Å². The molecule has 8 aliphatic rings. The highest BCUT2D eigenvalue weighted by atomic mass is 16.7. The predicted octanol–water partition coefficient (Wildman–Crippen LogP) is 5.88. The number of hydrogen-bond donors (Lipinski definition) is 5. The van der Waals surface area contributed by atoms with Crippen molar-refractivity contribution in [2.24, 2.45) is 52.3 Å². The van der Waals surface area contributed by atoms with E-state index in [1.54, 1.807) is 55.7 Å². The molecule has 8 rings (SSSR count). The fraction of sp³-hybridized carbons (Fsp3) is 0.944. The molecule has 0 radical (unpaired) electrons. The minimum atomic E-state index is -0.999. The molecule has 34 atom stereocenters. The van der Waals surface area contributed by atoms with E-state index >= 15 is 0 Å². The van der Waals surface area contributed by atoms with Gasteiger partial charge in [-0.3, -0.25) is 19.4 Å². The van der Waals surface area contributed by atoms with Crippen molar-refractivity contribution in [3.8, 4) is 0 Å². The van der Waals surface area contributed by atoms with Gasteiger partial charge in [0.05, 0.1) is 95.3 Å². The average Bonchev–Trinajstić information content (AvgIpc) is 1.51. The maximum Gasteiger partial charge on any atom is 0.312 e. The number of aliphatic hydroxyl groups excluding tert-OH is 5. The van der Waals surface area contributed by atoms with Gasteiger partial charge in [-0.2, -0.15) is 0 Å². The lowest BCUT2D eigenvalue weighted by Crippen LogP contribution is -2.60. The third-order valence-electron chi connectivity index (χ3n) is 22.6. The van der Waals surface area contributed by atoms with Crippen molar-refractivity contribution in [1.82, 2.24) is 9.80 Å². The first-order valence-corrected chi connectivity index (χ1v) is 35.3. The van der Waals surface area contributed by atoms with Crippen LogP contribution in [0.3, 0.4) is 0 Å². The summed E-state index contributed by atoms with van der Waals surface area (Å²) in [5.74, 6) is -4.35. The van der Waals surface area contributed by atoms with Crippen LogP contribution in [-0.2, 0) is 80.7 Å². The molecule has 0 spiro atoms. The van der Waals surface area contributed by atoms with E-state index in [2.05, 4.69) is 25.8 Å². The van der Waals surface area contributed by atoms with Crippen molar-refractivity contribution in [1.29, 1.82) is 0 Å². The molecule has 8 aliphatic heterocycles. The van der Waals surface area contributed by atoms with Gasteiger partial charge in [-0.1, -0.05) is 41.5 Å². The SMILES string of the molecule is CCO.CN=C(C)[C@@H]1OC(=O)[C@H](C)[C@@H](O[C@H]2CC(C)(OC)[C@@H](O)C(C)O2)[C@H](C)[C@@H](O[C@@H]2OC(C)CC(N(C)C)C2O)[C@]2(C)CC(C)C(O2)[C@@H]1C.COC1(C)C[C@H](O[C@H]2[C@H](C)[C@@H](O[C@@H]3OC(C)CC(N(C)C)C3O)[C@]3(C)CC(C)C(O3)[C@H](C)[C@H](C(C)=O)OC(=O)[C@@H]2C)OC(C)[C@@H]1O. The van der Waals surface area contributed by atoms with Crippen LogP contribution in [0.15, 0.2) is 4.99 Å². The Labute approximate surface area is 573 Å². The van der Waals surface area contributed by atoms with Gasteiger partial charge in [0.2, 0.25) is 0 Å². The second kappa shape index (κ2) is 33.8. The van der Waals surface area contributed by atoms with E-state index in [4.69, 9.17) is 71.4 Å². The summed E-state index contributed by atoms with van der Waals surface area (Å²) in [6.07, 6.45) is -10.8. The molecular formula is C71H127N3O22. The lowest BCUT2D eigenvalue weighted by molar-refractivity contribution is -0.318. The number of Topliss-reactive ketones (excluding diaryl/α,β-unsaturated/α-hetero) is 1. The van der Waals surface area contributed by atoms with E-state index in [-0.39, 0.29) is 73.4 Å². The third-order valence-corrected chi connectivity index (χ3v) is 22.6. The Kier molecular flexibility index (Phi) is 29.0. The summed E-state index contributed by atoms with van der Waals surface area (Å²) in [7, 11) is 12.5. The second-order valence-corrected chi connectivity index (χ2v) is 31.0. The number of aliphatic hydroxyl groups is 5. The molecule has 25 heteroatoms. The van der Waals surface area contributed by atoms with Gasteiger partial charge in [0.1, 0.15) is 30.5 Å². The van der Waals surface area contributed by atoms with Crippen LogP contribution >= 0.6 is 0 Å². The summed E-state index contributed by atoms with van der Waals surface area (Å²) < 4.78 is 89.6. The first-order valence-electron chi connectivity index (χ1n) is 35.3. The Morgan fingerprint density at radius 1 is 0.552 bits per heavy atom. The van der Waals surface area contributed by atoms with Crippen LogP contribution in [0, 0.1) is 47.3 Å². The summed E-state index contributed by atoms with van der Waals surface area (Å²) in [5, 5.41) is 52.3. The Morgan fingerprint density at radius 2 is 0.896 bits per heavy atom. The molecule has 8 heterocycles. The maximum absolute atomic E-state index is 14.1. The molecule has 25 nitrogen and oxygen atoms in total. The van der Waals surface area contributed by atoms with Gasteiger partial charge in [0, 0.05) is 82.2 Å². The van der Waals surface area contributed by atoms with E-state index in [9.17, 15) is 34.8 Å². The zero-order valence-corrected chi connectivity index (χ0v) is 62.8. The molecule has 0 aromatic heterocycles. The van der Waals surface area contributed by atoms with E-state index in [1.165, 1.54) is 14.0 Å². The Morgan fingerprint density at radius 3 is 1.22 bits per heavy atom.